The lowest BCUT2D eigenvalue weighted by Gasteiger charge is -2.07. The monoisotopic (exact) mass is 196 g/mol. The Hall–Kier alpha value is -1.36. The molecule has 0 saturated carbocycles. The molecule has 1 aromatic rings. The van der Waals surface area contributed by atoms with Gasteiger partial charge in [-0.15, -0.1) is 0 Å². The lowest BCUT2D eigenvalue weighted by Crippen LogP contribution is -2.08. The van der Waals surface area contributed by atoms with Crippen LogP contribution >= 0.6 is 0 Å². The van der Waals surface area contributed by atoms with Gasteiger partial charge in [-0.1, -0.05) is 0 Å². The molecule has 0 aliphatic rings. The molecule has 14 heavy (non-hydrogen) atoms. The summed E-state index contributed by atoms with van der Waals surface area (Å²) in [4.78, 5) is 8.14. The second-order valence-electron chi connectivity index (χ2n) is 2.84. The van der Waals surface area contributed by atoms with Crippen LogP contribution in [0, 0.1) is 0 Å². The van der Waals surface area contributed by atoms with E-state index in [1.165, 1.54) is 0 Å². The number of anilines is 1. The van der Waals surface area contributed by atoms with E-state index in [1.807, 2.05) is 0 Å². The molecule has 78 valence electrons. The van der Waals surface area contributed by atoms with Crippen LogP contribution in [0.15, 0.2) is 12.4 Å². The largest absolute Gasteiger partial charge is 0.478 e. The van der Waals surface area contributed by atoms with Gasteiger partial charge in [0.2, 0.25) is 0 Å². The summed E-state index contributed by atoms with van der Waals surface area (Å²) in [5, 5.41) is 3.14. The fraction of sp³-hybridized carbons (Fsp3) is 0.556. The van der Waals surface area contributed by atoms with Gasteiger partial charge in [0.05, 0.1) is 7.11 Å². The van der Waals surface area contributed by atoms with E-state index >= 15 is 0 Å². The highest BCUT2D eigenvalue weighted by Crippen LogP contribution is 2.15. The van der Waals surface area contributed by atoms with Gasteiger partial charge in [-0.2, -0.15) is 0 Å². The van der Waals surface area contributed by atoms with E-state index in [9.17, 15) is 0 Å². The normalized spacial score (nSPS) is 9.86. The fourth-order valence-electron chi connectivity index (χ4n) is 1.07. The molecule has 5 nitrogen and oxygen atoms in total. The third-order valence-corrected chi connectivity index (χ3v) is 1.78. The zero-order valence-electron chi connectivity index (χ0n) is 8.36. The van der Waals surface area contributed by atoms with E-state index in [0.29, 0.717) is 11.7 Å². The third kappa shape index (κ3) is 3.18. The van der Waals surface area contributed by atoms with Crippen LogP contribution in [0.25, 0.3) is 0 Å². The molecule has 0 aromatic carbocycles. The van der Waals surface area contributed by atoms with Gasteiger partial charge in [-0.05, 0) is 19.4 Å². The molecule has 0 aliphatic carbocycles. The van der Waals surface area contributed by atoms with Crippen LogP contribution < -0.4 is 15.8 Å². The van der Waals surface area contributed by atoms with Gasteiger partial charge in [0.25, 0.3) is 5.88 Å². The van der Waals surface area contributed by atoms with E-state index in [-0.39, 0.29) is 0 Å². The first-order valence-corrected chi connectivity index (χ1v) is 4.67. The van der Waals surface area contributed by atoms with Gasteiger partial charge < -0.3 is 15.8 Å². The highest BCUT2D eigenvalue weighted by atomic mass is 16.5. The van der Waals surface area contributed by atoms with E-state index < -0.39 is 0 Å². The molecule has 0 atom stereocenters. The third-order valence-electron chi connectivity index (χ3n) is 1.78. The van der Waals surface area contributed by atoms with Crippen molar-refractivity contribution in [3.8, 4) is 5.88 Å². The minimum atomic E-state index is 0.528. The predicted octanol–water partition coefficient (Wildman–Crippen LogP) is 0.636. The molecule has 5 heteroatoms. The molecule has 0 amide bonds. The van der Waals surface area contributed by atoms with Crippen LogP contribution in [-0.4, -0.2) is 30.2 Å². The number of rotatable bonds is 6. The van der Waals surface area contributed by atoms with Crippen molar-refractivity contribution >= 4 is 5.82 Å². The molecule has 1 heterocycles. The molecule has 1 aromatic heterocycles. The number of aromatic nitrogens is 2. The SMILES string of the molecule is COc1nccnc1NCCCCN. The summed E-state index contributed by atoms with van der Waals surface area (Å²) in [5.41, 5.74) is 5.38. The van der Waals surface area contributed by atoms with Crippen LogP contribution in [-0.2, 0) is 0 Å². The summed E-state index contributed by atoms with van der Waals surface area (Å²) in [7, 11) is 1.58. The molecule has 0 bridgehead atoms. The van der Waals surface area contributed by atoms with Crippen LogP contribution in [0.1, 0.15) is 12.8 Å². The number of nitrogens with zero attached hydrogens (tertiary/aromatic N) is 2. The topological polar surface area (TPSA) is 73.1 Å². The Bertz CT molecular complexity index is 267. The maximum absolute atomic E-state index is 5.38. The Morgan fingerprint density at radius 3 is 2.86 bits per heavy atom. The number of nitrogens with one attached hydrogen (secondary N) is 1. The maximum Gasteiger partial charge on any atom is 0.257 e. The highest BCUT2D eigenvalue weighted by Gasteiger charge is 2.02. The van der Waals surface area contributed by atoms with Crippen molar-refractivity contribution in [1.29, 1.82) is 0 Å². The number of methoxy groups -OCH3 is 1. The number of hydrogen-bond acceptors (Lipinski definition) is 5. The Morgan fingerprint density at radius 2 is 2.14 bits per heavy atom. The molecule has 0 fully saturated rings. The first-order chi connectivity index (χ1) is 6.88. The summed E-state index contributed by atoms with van der Waals surface area (Å²) in [5.74, 6) is 1.22. The van der Waals surface area contributed by atoms with Crippen molar-refractivity contribution in [3.63, 3.8) is 0 Å². The summed E-state index contributed by atoms with van der Waals surface area (Å²) in [6.07, 6.45) is 5.27. The van der Waals surface area contributed by atoms with Crippen LogP contribution in [0.4, 0.5) is 5.82 Å². The maximum atomic E-state index is 5.38. The predicted molar refractivity (Wildman–Crippen MR) is 55.4 cm³/mol. The van der Waals surface area contributed by atoms with Crippen molar-refractivity contribution in [1.82, 2.24) is 9.97 Å². The number of unbranched alkanes of at least 4 members (excludes halogenated alkanes) is 1. The molecule has 1 rings (SSSR count). The van der Waals surface area contributed by atoms with Gasteiger partial charge in [-0.25, -0.2) is 9.97 Å². The molecule has 0 saturated heterocycles. The highest BCUT2D eigenvalue weighted by molar-refractivity contribution is 5.44. The lowest BCUT2D eigenvalue weighted by atomic mass is 10.3. The molecule has 0 radical (unpaired) electrons. The molecule has 3 N–H and O–H groups in total. The van der Waals surface area contributed by atoms with Crippen LogP contribution in [0.5, 0.6) is 5.88 Å². The van der Waals surface area contributed by atoms with Crippen LogP contribution in [0.2, 0.25) is 0 Å². The number of nitrogens with two attached hydrogens (primary N) is 1. The molecule has 0 aliphatic heterocycles. The smallest absolute Gasteiger partial charge is 0.257 e. The van der Waals surface area contributed by atoms with Gasteiger partial charge in [0.15, 0.2) is 5.82 Å². The van der Waals surface area contributed by atoms with E-state index in [4.69, 9.17) is 10.5 Å². The van der Waals surface area contributed by atoms with Crippen molar-refractivity contribution in [2.75, 3.05) is 25.5 Å². The van der Waals surface area contributed by atoms with E-state index in [0.717, 1.165) is 25.9 Å². The van der Waals surface area contributed by atoms with Crippen LogP contribution in [0.3, 0.4) is 0 Å². The molecular formula is C9H16N4O. The minimum absolute atomic E-state index is 0.528. The Kier molecular flexibility index (Phi) is 4.71. The molecule has 0 spiro atoms. The van der Waals surface area contributed by atoms with Crippen molar-refractivity contribution < 1.29 is 4.74 Å². The minimum Gasteiger partial charge on any atom is -0.478 e. The standard InChI is InChI=1S/C9H16N4O/c1-14-9-8(12-6-7-13-9)11-5-3-2-4-10/h6-7H,2-5,10H2,1H3,(H,11,12). The van der Waals surface area contributed by atoms with Crippen molar-refractivity contribution in [2.24, 2.45) is 5.73 Å². The second-order valence-corrected chi connectivity index (χ2v) is 2.84. The van der Waals surface area contributed by atoms with E-state index in [2.05, 4.69) is 15.3 Å². The summed E-state index contributed by atoms with van der Waals surface area (Å²) >= 11 is 0. The number of ether oxygens (including phenoxy) is 1. The first kappa shape index (κ1) is 10.7. The summed E-state index contributed by atoms with van der Waals surface area (Å²) in [6, 6.07) is 0. The van der Waals surface area contributed by atoms with Gasteiger partial charge in [0.1, 0.15) is 0 Å². The van der Waals surface area contributed by atoms with Gasteiger partial charge in [0, 0.05) is 18.9 Å². The van der Waals surface area contributed by atoms with Gasteiger partial charge >= 0.3 is 0 Å². The summed E-state index contributed by atoms with van der Waals surface area (Å²) in [6.45, 7) is 1.56. The fourth-order valence-corrected chi connectivity index (χ4v) is 1.07. The quantitative estimate of drug-likeness (QED) is 0.653. The average Bonchev–Trinajstić information content (AvgIpc) is 2.25. The molecule has 0 unspecified atom stereocenters. The molecular weight excluding hydrogens is 180 g/mol. The lowest BCUT2D eigenvalue weighted by molar-refractivity contribution is 0.397. The summed E-state index contributed by atoms with van der Waals surface area (Å²) < 4.78 is 5.04. The number of hydrogen-bond donors (Lipinski definition) is 2. The van der Waals surface area contributed by atoms with E-state index in [1.54, 1.807) is 19.5 Å². The second kappa shape index (κ2) is 6.15. The zero-order chi connectivity index (χ0) is 10.2. The Labute approximate surface area is 83.7 Å². The van der Waals surface area contributed by atoms with Crippen molar-refractivity contribution in [3.05, 3.63) is 12.4 Å². The van der Waals surface area contributed by atoms with Crippen molar-refractivity contribution in [2.45, 2.75) is 12.8 Å². The Morgan fingerprint density at radius 1 is 1.36 bits per heavy atom. The first-order valence-electron chi connectivity index (χ1n) is 4.67. The Balaban J connectivity index is 2.41. The van der Waals surface area contributed by atoms with Gasteiger partial charge in [-0.3, -0.25) is 0 Å². The zero-order valence-corrected chi connectivity index (χ0v) is 8.36. The average molecular weight is 196 g/mol.